The Morgan fingerprint density at radius 1 is 0.872 bits per heavy atom. The van der Waals surface area contributed by atoms with E-state index in [0.29, 0.717) is 58.3 Å². The third kappa shape index (κ3) is 7.29. The maximum Gasteiger partial charge on any atom is 0.270 e. The van der Waals surface area contributed by atoms with Crippen molar-refractivity contribution in [3.05, 3.63) is 117 Å². The summed E-state index contributed by atoms with van der Waals surface area (Å²) in [6.07, 6.45) is 1.57. The Morgan fingerprint density at radius 3 is 2.30 bits per heavy atom. The highest BCUT2D eigenvalue weighted by Crippen LogP contribution is 2.29. The number of pyridine rings is 1. The van der Waals surface area contributed by atoms with Gasteiger partial charge in [0.05, 0.1) is 28.5 Å². The molecule has 0 radical (unpaired) electrons. The molecule has 2 amide bonds. The molecule has 5 aromatic rings. The number of hydrogen-bond donors (Lipinski definition) is 0. The lowest BCUT2D eigenvalue weighted by atomic mass is 10.1. The highest BCUT2D eigenvalue weighted by atomic mass is 35.5. The zero-order valence-corrected chi connectivity index (χ0v) is 28.0. The predicted octanol–water partition coefficient (Wildman–Crippen LogP) is 7.05. The molecule has 6 rings (SSSR count). The molecule has 3 heterocycles. The van der Waals surface area contributed by atoms with Gasteiger partial charge in [0.25, 0.3) is 11.8 Å². The van der Waals surface area contributed by atoms with Crippen LogP contribution in [0.4, 0.5) is 5.69 Å². The van der Waals surface area contributed by atoms with Crippen molar-refractivity contribution >= 4 is 51.6 Å². The lowest BCUT2D eigenvalue weighted by Gasteiger charge is -2.34. The van der Waals surface area contributed by atoms with Crippen molar-refractivity contribution < 1.29 is 19.1 Å². The fourth-order valence-corrected chi connectivity index (χ4v) is 6.02. The fraction of sp³-hybridized carbons (Fsp3) is 0.250. The lowest BCUT2D eigenvalue weighted by Crippen LogP contribution is -2.48. The summed E-state index contributed by atoms with van der Waals surface area (Å²) in [7, 11) is 5.27. The Hall–Kier alpha value is -4.41. The maximum atomic E-state index is 13.6. The third-order valence-electron chi connectivity index (χ3n) is 8.43. The first-order chi connectivity index (χ1) is 22.7. The summed E-state index contributed by atoms with van der Waals surface area (Å²) in [5.74, 6) is 0.738. The van der Waals surface area contributed by atoms with E-state index in [0.717, 1.165) is 36.1 Å². The average molecular weight is 673 g/mol. The molecule has 11 heteroatoms. The van der Waals surface area contributed by atoms with E-state index in [9.17, 15) is 9.59 Å². The summed E-state index contributed by atoms with van der Waals surface area (Å²) < 4.78 is 13.2. The van der Waals surface area contributed by atoms with Crippen LogP contribution in [-0.2, 0) is 24.9 Å². The number of nitrogens with zero attached hydrogens (tertiary/aromatic N) is 5. The summed E-state index contributed by atoms with van der Waals surface area (Å²) >= 11 is 12.1. The number of carbonyl (C=O) groups excluding carboxylic acids is 2. The second kappa shape index (κ2) is 14.1. The second-order valence-electron chi connectivity index (χ2n) is 11.6. The van der Waals surface area contributed by atoms with Crippen LogP contribution in [-0.4, -0.2) is 71.5 Å². The van der Waals surface area contributed by atoms with Crippen LogP contribution in [0.3, 0.4) is 0 Å². The Kier molecular flexibility index (Phi) is 9.79. The molecule has 0 aliphatic carbocycles. The number of benzene rings is 3. The number of aryl methyl sites for hydroxylation is 1. The molecule has 0 N–H and O–H groups in total. The van der Waals surface area contributed by atoms with Crippen LogP contribution in [0.1, 0.15) is 32.0 Å². The topological polar surface area (TPSA) is 80.1 Å². The highest BCUT2D eigenvalue weighted by Gasteiger charge is 2.25. The Morgan fingerprint density at radius 2 is 1.62 bits per heavy atom. The van der Waals surface area contributed by atoms with Crippen LogP contribution in [0, 0.1) is 0 Å². The van der Waals surface area contributed by atoms with Crippen LogP contribution in [0.15, 0.2) is 85.1 Å². The molecule has 2 aromatic heterocycles. The molecule has 1 aliphatic rings. The smallest absolute Gasteiger partial charge is 0.270 e. The van der Waals surface area contributed by atoms with Crippen LogP contribution in [0.25, 0.3) is 10.9 Å². The van der Waals surface area contributed by atoms with Gasteiger partial charge in [-0.1, -0.05) is 47.5 Å². The molecule has 0 bridgehead atoms. The van der Waals surface area contributed by atoms with E-state index in [4.69, 9.17) is 32.7 Å². The van der Waals surface area contributed by atoms with Gasteiger partial charge in [-0.05, 0) is 59.7 Å². The van der Waals surface area contributed by atoms with Gasteiger partial charge in [0.1, 0.15) is 11.4 Å². The minimum Gasteiger partial charge on any atom is -0.439 e. The van der Waals surface area contributed by atoms with Crippen molar-refractivity contribution in [1.29, 1.82) is 0 Å². The number of anilines is 1. The fourth-order valence-electron chi connectivity index (χ4n) is 5.73. The average Bonchev–Trinajstić information content (AvgIpc) is 3.42. The minimum atomic E-state index is -0.245. The Bertz CT molecular complexity index is 1900. The predicted molar refractivity (Wildman–Crippen MR) is 185 cm³/mol. The number of fused-ring (bicyclic) bond motifs is 1. The van der Waals surface area contributed by atoms with Gasteiger partial charge in [0.2, 0.25) is 5.88 Å². The van der Waals surface area contributed by atoms with Gasteiger partial charge in [-0.25, -0.2) is 4.98 Å². The van der Waals surface area contributed by atoms with Gasteiger partial charge in [-0.2, -0.15) is 0 Å². The zero-order valence-electron chi connectivity index (χ0n) is 26.5. The minimum absolute atomic E-state index is 0.0199. The van der Waals surface area contributed by atoms with Crippen molar-refractivity contribution in [1.82, 2.24) is 19.4 Å². The van der Waals surface area contributed by atoms with E-state index in [2.05, 4.69) is 34.1 Å². The molecule has 1 fully saturated rings. The van der Waals surface area contributed by atoms with Gasteiger partial charge in [-0.3, -0.25) is 14.5 Å². The van der Waals surface area contributed by atoms with E-state index in [-0.39, 0.29) is 11.8 Å². The largest absolute Gasteiger partial charge is 0.439 e. The number of halogens is 2. The molecule has 0 atom stereocenters. The van der Waals surface area contributed by atoms with Crippen molar-refractivity contribution in [2.75, 3.05) is 45.2 Å². The summed E-state index contributed by atoms with van der Waals surface area (Å²) in [6, 6.07) is 24.3. The summed E-state index contributed by atoms with van der Waals surface area (Å²) in [5, 5.41) is 1.60. The first-order valence-corrected chi connectivity index (χ1v) is 16.0. The SMILES string of the molecule is COCc1ccc(CN2CCN(C(=O)c3cc4cc(Oc5ccc(N(C)C(=O)c6ccc(Cl)c(Cl)c6)cn5)ccc4n3C)CC2)cc1. The quantitative estimate of drug-likeness (QED) is 0.167. The number of hydrogen-bond acceptors (Lipinski definition) is 6. The molecular formula is C36H35Cl2N5O4. The lowest BCUT2D eigenvalue weighted by molar-refractivity contribution is 0.0619. The summed E-state index contributed by atoms with van der Waals surface area (Å²) in [6.45, 7) is 4.45. The number of aromatic nitrogens is 2. The van der Waals surface area contributed by atoms with Gasteiger partial charge in [-0.15, -0.1) is 0 Å². The molecule has 0 spiro atoms. The molecule has 1 aliphatic heterocycles. The van der Waals surface area contributed by atoms with Gasteiger partial charge < -0.3 is 23.8 Å². The highest BCUT2D eigenvalue weighted by molar-refractivity contribution is 6.42. The molecule has 47 heavy (non-hydrogen) atoms. The van der Waals surface area contributed by atoms with E-state index >= 15 is 0 Å². The first kappa shape index (κ1) is 32.5. The number of amides is 2. The van der Waals surface area contributed by atoms with Crippen LogP contribution in [0.2, 0.25) is 10.0 Å². The van der Waals surface area contributed by atoms with Crippen LogP contribution < -0.4 is 9.64 Å². The second-order valence-corrected chi connectivity index (χ2v) is 12.4. The summed E-state index contributed by atoms with van der Waals surface area (Å²) in [5.41, 5.74) is 4.99. The van der Waals surface area contributed by atoms with E-state index in [1.807, 2.05) is 40.8 Å². The van der Waals surface area contributed by atoms with Gasteiger partial charge >= 0.3 is 0 Å². The maximum absolute atomic E-state index is 13.6. The van der Waals surface area contributed by atoms with Crippen molar-refractivity contribution in [3.63, 3.8) is 0 Å². The van der Waals surface area contributed by atoms with E-state index < -0.39 is 0 Å². The van der Waals surface area contributed by atoms with Gasteiger partial charge in [0, 0.05) is 76.5 Å². The number of rotatable bonds is 9. The molecule has 0 saturated carbocycles. The number of carbonyl (C=O) groups is 2. The molecule has 9 nitrogen and oxygen atoms in total. The Balaban J connectivity index is 1.07. The zero-order chi connectivity index (χ0) is 33.1. The number of methoxy groups -OCH3 is 1. The Labute approximate surface area is 283 Å². The van der Waals surface area contributed by atoms with Gasteiger partial charge in [0.15, 0.2) is 0 Å². The summed E-state index contributed by atoms with van der Waals surface area (Å²) in [4.78, 5) is 36.7. The molecular weight excluding hydrogens is 637 g/mol. The molecule has 242 valence electrons. The number of piperazine rings is 1. The van der Waals surface area contributed by atoms with Crippen LogP contribution >= 0.6 is 23.2 Å². The monoisotopic (exact) mass is 671 g/mol. The van der Waals surface area contributed by atoms with Crippen molar-refractivity contribution in [2.45, 2.75) is 13.2 Å². The van der Waals surface area contributed by atoms with Crippen LogP contribution in [0.5, 0.6) is 11.6 Å². The standard InChI is InChI=1S/C36H35Cl2N5O4/c1-40(35(44)26-8-11-30(37)31(38)19-26)28-9-13-34(39-21-28)47-29-10-12-32-27(18-29)20-33(41(32)2)36(45)43-16-14-42(15-17-43)22-24-4-6-25(7-5-24)23-46-3/h4-13,18-21H,14-17,22-23H2,1-3H3. The van der Waals surface area contributed by atoms with Crippen molar-refractivity contribution in [2.24, 2.45) is 7.05 Å². The van der Waals surface area contributed by atoms with Crippen molar-refractivity contribution in [3.8, 4) is 11.6 Å². The third-order valence-corrected chi connectivity index (χ3v) is 9.17. The molecule has 0 unspecified atom stereocenters. The molecule has 1 saturated heterocycles. The number of ether oxygens (including phenoxy) is 2. The first-order valence-electron chi connectivity index (χ1n) is 15.2. The van der Waals surface area contributed by atoms with E-state index in [1.54, 1.807) is 50.7 Å². The van der Waals surface area contributed by atoms with E-state index in [1.165, 1.54) is 10.5 Å². The molecule has 3 aromatic carbocycles. The normalized spacial score (nSPS) is 13.6.